The third kappa shape index (κ3) is 10.1. The lowest BCUT2D eigenvalue weighted by atomic mass is 10.0. The van der Waals surface area contributed by atoms with Crippen molar-refractivity contribution in [3.8, 4) is 5.75 Å². The molecular weight excluding hydrogens is 444 g/mol. The van der Waals surface area contributed by atoms with E-state index in [1.165, 1.54) is 24.3 Å². The van der Waals surface area contributed by atoms with E-state index in [0.717, 1.165) is 0 Å². The molecule has 180 valence electrons. The second-order valence-corrected chi connectivity index (χ2v) is 6.91. The van der Waals surface area contributed by atoms with E-state index in [0.29, 0.717) is 5.56 Å². The summed E-state index contributed by atoms with van der Waals surface area (Å²) in [5.41, 5.74) is 5.96. The van der Waals surface area contributed by atoms with Crippen molar-refractivity contribution in [1.29, 1.82) is 0 Å². The van der Waals surface area contributed by atoms with Gasteiger partial charge in [0.1, 0.15) is 24.4 Å². The third-order valence-electron chi connectivity index (χ3n) is 4.17. The van der Waals surface area contributed by atoms with Crippen LogP contribution in [-0.4, -0.2) is 80.7 Å². The monoisotopic (exact) mass is 468 g/mol. The third-order valence-corrected chi connectivity index (χ3v) is 4.17. The van der Waals surface area contributed by atoms with Crippen LogP contribution in [0.15, 0.2) is 24.3 Å². The van der Waals surface area contributed by atoms with Gasteiger partial charge in [-0.15, -0.1) is 0 Å². The molecule has 0 fully saturated rings. The summed E-state index contributed by atoms with van der Waals surface area (Å²) in [6.45, 7) is -0.817. The zero-order chi connectivity index (χ0) is 25.1. The van der Waals surface area contributed by atoms with Crippen LogP contribution in [0.1, 0.15) is 18.4 Å². The van der Waals surface area contributed by atoms with E-state index in [-0.39, 0.29) is 12.2 Å². The van der Waals surface area contributed by atoms with E-state index in [4.69, 9.17) is 21.1 Å². The van der Waals surface area contributed by atoms with Crippen molar-refractivity contribution >= 4 is 35.6 Å². The predicted octanol–water partition coefficient (Wildman–Crippen LogP) is -2.62. The van der Waals surface area contributed by atoms with E-state index >= 15 is 0 Å². The zero-order valence-electron chi connectivity index (χ0n) is 17.2. The van der Waals surface area contributed by atoms with Crippen molar-refractivity contribution < 1.29 is 49.2 Å². The van der Waals surface area contributed by atoms with Crippen molar-refractivity contribution in [3.63, 3.8) is 0 Å². The Balaban J connectivity index is 3.07. The summed E-state index contributed by atoms with van der Waals surface area (Å²) < 4.78 is 0. The molecule has 0 aliphatic heterocycles. The number of rotatable bonds is 13. The van der Waals surface area contributed by atoms with Crippen LogP contribution >= 0.6 is 0 Å². The molecule has 3 atom stereocenters. The number of benzene rings is 1. The van der Waals surface area contributed by atoms with Gasteiger partial charge in [0.2, 0.25) is 17.7 Å². The SMILES string of the molecule is NC(CC(=O)O)C(=O)NC(Cc1ccc(O)cc1)C(=O)NC(CC(=O)O)C(=O)NCC(=O)O. The van der Waals surface area contributed by atoms with E-state index in [1.54, 1.807) is 0 Å². The Morgan fingerprint density at radius 2 is 1.30 bits per heavy atom. The van der Waals surface area contributed by atoms with Crippen LogP contribution < -0.4 is 21.7 Å². The second-order valence-electron chi connectivity index (χ2n) is 6.91. The zero-order valence-corrected chi connectivity index (χ0v) is 17.2. The molecule has 14 nitrogen and oxygen atoms in total. The van der Waals surface area contributed by atoms with Crippen LogP contribution in [0.2, 0.25) is 0 Å². The molecule has 9 N–H and O–H groups in total. The molecular formula is C19H24N4O10. The Kier molecular flexibility index (Phi) is 10.3. The summed E-state index contributed by atoms with van der Waals surface area (Å²) in [7, 11) is 0. The number of nitrogens with one attached hydrogen (secondary N) is 3. The van der Waals surface area contributed by atoms with Gasteiger partial charge in [0.25, 0.3) is 0 Å². The fraction of sp³-hybridized carbons (Fsp3) is 0.368. The number of aromatic hydroxyl groups is 1. The van der Waals surface area contributed by atoms with E-state index in [1.807, 2.05) is 5.32 Å². The number of carbonyl (C=O) groups is 6. The van der Waals surface area contributed by atoms with Gasteiger partial charge in [-0.05, 0) is 17.7 Å². The number of hydrogen-bond acceptors (Lipinski definition) is 8. The van der Waals surface area contributed by atoms with Crippen molar-refractivity contribution in [2.45, 2.75) is 37.4 Å². The first-order valence-corrected chi connectivity index (χ1v) is 9.46. The molecule has 0 aliphatic rings. The highest BCUT2D eigenvalue weighted by Gasteiger charge is 2.30. The number of carboxylic acids is 3. The molecule has 0 heterocycles. The normalized spacial score (nSPS) is 13.1. The summed E-state index contributed by atoms with van der Waals surface area (Å²) in [4.78, 5) is 69.7. The van der Waals surface area contributed by atoms with Crippen molar-refractivity contribution in [1.82, 2.24) is 16.0 Å². The second kappa shape index (κ2) is 12.6. The number of amides is 3. The number of phenols is 1. The first kappa shape index (κ1) is 26.8. The van der Waals surface area contributed by atoms with Crippen LogP contribution in [0.25, 0.3) is 0 Å². The van der Waals surface area contributed by atoms with Gasteiger partial charge in [0.15, 0.2) is 0 Å². The highest BCUT2D eigenvalue weighted by atomic mass is 16.4. The van der Waals surface area contributed by atoms with Gasteiger partial charge in [-0.25, -0.2) is 0 Å². The maximum absolute atomic E-state index is 12.8. The van der Waals surface area contributed by atoms with Gasteiger partial charge in [0.05, 0.1) is 18.9 Å². The molecule has 33 heavy (non-hydrogen) atoms. The minimum absolute atomic E-state index is 0.0658. The number of carboxylic acid groups (broad SMARTS) is 3. The molecule has 0 aromatic heterocycles. The summed E-state index contributed by atoms with van der Waals surface area (Å²) in [6, 6.07) is 0.933. The molecule has 3 amide bonds. The van der Waals surface area contributed by atoms with E-state index in [2.05, 4.69) is 10.6 Å². The average molecular weight is 468 g/mol. The molecule has 1 aromatic rings. The molecule has 14 heteroatoms. The van der Waals surface area contributed by atoms with Gasteiger partial charge >= 0.3 is 17.9 Å². The Bertz CT molecular complexity index is 902. The van der Waals surface area contributed by atoms with Crippen LogP contribution in [0.4, 0.5) is 0 Å². The lowest BCUT2D eigenvalue weighted by Crippen LogP contribution is -2.57. The number of carbonyl (C=O) groups excluding carboxylic acids is 3. The molecule has 1 aromatic carbocycles. The maximum atomic E-state index is 12.8. The van der Waals surface area contributed by atoms with Gasteiger partial charge in [-0.1, -0.05) is 12.1 Å². The standard InChI is InChI=1S/C19H24N4O10/c20-11(6-14(25)26)17(31)22-12(5-9-1-3-10(24)4-2-9)19(33)23-13(7-15(27)28)18(32)21-8-16(29)30/h1-4,11-13,24H,5-8,20H2,(H,21,32)(H,22,31)(H,23,33)(H,25,26)(H,27,28)(H,29,30). The van der Waals surface area contributed by atoms with Gasteiger partial charge < -0.3 is 42.1 Å². The highest BCUT2D eigenvalue weighted by Crippen LogP contribution is 2.12. The molecule has 0 bridgehead atoms. The molecule has 1 rings (SSSR count). The van der Waals surface area contributed by atoms with Gasteiger partial charge in [-0.2, -0.15) is 0 Å². The number of nitrogens with two attached hydrogens (primary N) is 1. The molecule has 0 saturated heterocycles. The fourth-order valence-corrected chi connectivity index (χ4v) is 2.58. The summed E-state index contributed by atoms with van der Waals surface area (Å²) in [6.07, 6.45) is -1.79. The molecule has 0 spiro atoms. The molecule has 0 saturated carbocycles. The number of phenolic OH excluding ortho intramolecular Hbond substituents is 1. The highest BCUT2D eigenvalue weighted by molar-refractivity contribution is 5.95. The summed E-state index contributed by atoms with van der Waals surface area (Å²) >= 11 is 0. The first-order chi connectivity index (χ1) is 15.4. The first-order valence-electron chi connectivity index (χ1n) is 9.46. The predicted molar refractivity (Wildman–Crippen MR) is 109 cm³/mol. The fourth-order valence-electron chi connectivity index (χ4n) is 2.58. The molecule has 3 unspecified atom stereocenters. The van der Waals surface area contributed by atoms with Gasteiger partial charge in [-0.3, -0.25) is 28.8 Å². The Morgan fingerprint density at radius 1 is 0.758 bits per heavy atom. The summed E-state index contributed by atoms with van der Waals surface area (Å²) in [5.74, 6) is -7.35. The Labute approximate surface area is 186 Å². The van der Waals surface area contributed by atoms with Gasteiger partial charge in [0, 0.05) is 6.42 Å². The minimum atomic E-state index is -1.67. The van der Waals surface area contributed by atoms with Crippen molar-refractivity contribution in [2.24, 2.45) is 5.73 Å². The summed E-state index contributed by atoms with van der Waals surface area (Å²) in [5, 5.41) is 42.2. The van der Waals surface area contributed by atoms with Crippen LogP contribution in [0.5, 0.6) is 5.75 Å². The maximum Gasteiger partial charge on any atom is 0.322 e. The Hall–Kier alpha value is -4.20. The van der Waals surface area contributed by atoms with Crippen LogP contribution in [0, 0.1) is 0 Å². The van der Waals surface area contributed by atoms with Crippen molar-refractivity contribution in [3.05, 3.63) is 29.8 Å². The quantitative estimate of drug-likeness (QED) is 0.149. The smallest absolute Gasteiger partial charge is 0.322 e. The number of hydrogen-bond donors (Lipinski definition) is 8. The minimum Gasteiger partial charge on any atom is -0.508 e. The lowest BCUT2D eigenvalue weighted by Gasteiger charge is -2.23. The Morgan fingerprint density at radius 3 is 1.82 bits per heavy atom. The van der Waals surface area contributed by atoms with Crippen LogP contribution in [-0.2, 0) is 35.2 Å². The number of aliphatic carboxylic acids is 3. The van der Waals surface area contributed by atoms with Crippen LogP contribution in [0.3, 0.4) is 0 Å². The average Bonchev–Trinajstić information content (AvgIpc) is 2.71. The molecule has 0 radical (unpaired) electrons. The lowest BCUT2D eigenvalue weighted by molar-refractivity contribution is -0.141. The molecule has 0 aliphatic carbocycles. The van der Waals surface area contributed by atoms with Crippen molar-refractivity contribution in [2.75, 3.05) is 6.54 Å². The largest absolute Gasteiger partial charge is 0.508 e. The van der Waals surface area contributed by atoms with E-state index in [9.17, 15) is 33.9 Å². The van der Waals surface area contributed by atoms with E-state index < -0.39 is 73.1 Å². The topological polar surface area (TPSA) is 245 Å².